The Balaban J connectivity index is 1.49. The van der Waals surface area contributed by atoms with Gasteiger partial charge in [-0.05, 0) is 57.0 Å². The average molecular weight is 390 g/mol. The highest BCUT2D eigenvalue weighted by Gasteiger charge is 2.28. The molecule has 1 aliphatic carbocycles. The number of esters is 1. The summed E-state index contributed by atoms with van der Waals surface area (Å²) in [6.45, 7) is 3.32. The van der Waals surface area contributed by atoms with Gasteiger partial charge in [-0.1, -0.05) is 11.6 Å². The molecule has 0 radical (unpaired) electrons. The van der Waals surface area contributed by atoms with Crippen LogP contribution in [0, 0.1) is 13.8 Å². The van der Waals surface area contributed by atoms with E-state index in [-0.39, 0.29) is 0 Å². The van der Waals surface area contributed by atoms with Crippen molar-refractivity contribution in [3.05, 3.63) is 57.9 Å². The van der Waals surface area contributed by atoms with Crippen LogP contribution >= 0.6 is 11.6 Å². The van der Waals surface area contributed by atoms with Gasteiger partial charge in [0.25, 0.3) is 11.8 Å². The van der Waals surface area contributed by atoms with Gasteiger partial charge in [0.2, 0.25) is 0 Å². The minimum absolute atomic E-state index is 0.337. The molecule has 7 nitrogen and oxygen atoms in total. The van der Waals surface area contributed by atoms with Gasteiger partial charge in [-0.25, -0.2) is 4.79 Å². The number of halogens is 1. The first-order valence-corrected chi connectivity index (χ1v) is 8.95. The molecule has 8 heteroatoms. The number of nitrogens with zero attached hydrogens (tertiary/aromatic N) is 1. The second-order valence-electron chi connectivity index (χ2n) is 6.47. The van der Waals surface area contributed by atoms with Gasteiger partial charge < -0.3 is 9.30 Å². The van der Waals surface area contributed by atoms with Crippen LogP contribution in [-0.2, 0) is 9.53 Å². The van der Waals surface area contributed by atoms with Crippen molar-refractivity contribution in [3.8, 4) is 0 Å². The molecule has 2 N–H and O–H groups in total. The number of hydrazine groups is 1. The zero-order chi connectivity index (χ0) is 19.6. The van der Waals surface area contributed by atoms with Crippen molar-refractivity contribution < 1.29 is 19.1 Å². The van der Waals surface area contributed by atoms with Crippen molar-refractivity contribution in [1.82, 2.24) is 15.4 Å². The van der Waals surface area contributed by atoms with Crippen molar-refractivity contribution in [2.45, 2.75) is 32.7 Å². The Hall–Kier alpha value is -2.80. The molecular formula is C19H20ClN3O4. The van der Waals surface area contributed by atoms with Gasteiger partial charge in [-0.2, -0.15) is 0 Å². The van der Waals surface area contributed by atoms with Crippen LogP contribution in [0.1, 0.15) is 51.0 Å². The summed E-state index contributed by atoms with van der Waals surface area (Å²) < 4.78 is 7.19. The number of aromatic nitrogens is 1. The summed E-state index contributed by atoms with van der Waals surface area (Å²) >= 11 is 5.76. The summed E-state index contributed by atoms with van der Waals surface area (Å²) in [5, 5.41) is 0.503. The highest BCUT2D eigenvalue weighted by molar-refractivity contribution is 6.30. The lowest BCUT2D eigenvalue weighted by molar-refractivity contribution is -0.125. The smallest absolute Gasteiger partial charge is 0.340 e. The van der Waals surface area contributed by atoms with Crippen LogP contribution in [-0.4, -0.2) is 29.0 Å². The highest BCUT2D eigenvalue weighted by Crippen LogP contribution is 2.38. The van der Waals surface area contributed by atoms with E-state index in [9.17, 15) is 14.4 Å². The SMILES string of the molecule is Cc1cc(C(=O)OCC(=O)NNC(=O)c2ccc(Cl)cc2)c(C)n1C1CC1. The summed E-state index contributed by atoms with van der Waals surface area (Å²) in [6, 6.07) is 8.42. The molecule has 142 valence electrons. The molecule has 2 amide bonds. The lowest BCUT2D eigenvalue weighted by Crippen LogP contribution is -2.43. The van der Waals surface area contributed by atoms with Crippen LogP contribution in [0.15, 0.2) is 30.3 Å². The minimum atomic E-state index is -0.637. The first-order valence-electron chi connectivity index (χ1n) is 8.57. The molecule has 0 bridgehead atoms. The number of carbonyl (C=O) groups is 3. The number of nitrogens with one attached hydrogen (secondary N) is 2. The van der Waals surface area contributed by atoms with Crippen molar-refractivity contribution in [3.63, 3.8) is 0 Å². The molecular weight excluding hydrogens is 370 g/mol. The summed E-state index contributed by atoms with van der Waals surface area (Å²) in [7, 11) is 0. The number of hydrogen-bond donors (Lipinski definition) is 2. The van der Waals surface area contributed by atoms with Crippen molar-refractivity contribution >= 4 is 29.4 Å². The fourth-order valence-electron chi connectivity index (χ4n) is 2.92. The zero-order valence-corrected chi connectivity index (χ0v) is 15.8. The average Bonchev–Trinajstić information content (AvgIpc) is 3.43. The number of amides is 2. The Morgan fingerprint density at radius 1 is 1.15 bits per heavy atom. The van der Waals surface area contributed by atoms with Crippen molar-refractivity contribution in [1.29, 1.82) is 0 Å². The third-order valence-corrected chi connectivity index (χ3v) is 4.62. The van der Waals surface area contributed by atoms with E-state index in [1.54, 1.807) is 18.2 Å². The van der Waals surface area contributed by atoms with Crippen LogP contribution in [0.25, 0.3) is 0 Å². The summed E-state index contributed by atoms with van der Waals surface area (Å²) in [5.41, 5.74) is 7.10. The number of ether oxygens (including phenoxy) is 1. The monoisotopic (exact) mass is 389 g/mol. The number of carbonyl (C=O) groups excluding carboxylic acids is 3. The molecule has 1 heterocycles. The minimum Gasteiger partial charge on any atom is -0.452 e. The van der Waals surface area contributed by atoms with E-state index in [2.05, 4.69) is 15.4 Å². The quantitative estimate of drug-likeness (QED) is 0.607. The van der Waals surface area contributed by atoms with E-state index in [4.69, 9.17) is 16.3 Å². The van der Waals surface area contributed by atoms with Crippen LogP contribution in [0.2, 0.25) is 5.02 Å². The molecule has 1 saturated carbocycles. The molecule has 1 fully saturated rings. The van der Waals surface area contributed by atoms with Crippen LogP contribution in [0.4, 0.5) is 0 Å². The predicted molar refractivity (Wildman–Crippen MR) is 99.5 cm³/mol. The summed E-state index contributed by atoms with van der Waals surface area (Å²) in [4.78, 5) is 36.0. The van der Waals surface area contributed by atoms with Crippen LogP contribution in [0.3, 0.4) is 0 Å². The molecule has 1 aromatic heterocycles. The van der Waals surface area contributed by atoms with Gasteiger partial charge >= 0.3 is 5.97 Å². The third kappa shape index (κ3) is 4.49. The second-order valence-corrected chi connectivity index (χ2v) is 6.91. The number of aryl methyl sites for hydroxylation is 1. The van der Waals surface area contributed by atoms with Crippen molar-refractivity contribution in [2.75, 3.05) is 6.61 Å². The van der Waals surface area contributed by atoms with Gasteiger partial charge in [0.1, 0.15) is 0 Å². The first kappa shape index (κ1) is 19.0. The third-order valence-electron chi connectivity index (χ3n) is 4.37. The maximum Gasteiger partial charge on any atom is 0.340 e. The lowest BCUT2D eigenvalue weighted by atomic mass is 10.2. The second kappa shape index (κ2) is 7.84. The van der Waals surface area contributed by atoms with Crippen LogP contribution < -0.4 is 10.9 Å². The molecule has 0 atom stereocenters. The number of hydrogen-bond acceptors (Lipinski definition) is 4. The van der Waals surface area contributed by atoms with Gasteiger partial charge in [0.15, 0.2) is 6.61 Å². The van der Waals surface area contributed by atoms with Gasteiger partial charge in [0.05, 0.1) is 5.56 Å². The van der Waals surface area contributed by atoms with Gasteiger partial charge in [0, 0.05) is 28.0 Å². The molecule has 1 aromatic carbocycles. The molecule has 0 saturated heterocycles. The molecule has 1 aliphatic rings. The van der Waals surface area contributed by atoms with Crippen molar-refractivity contribution in [2.24, 2.45) is 0 Å². The zero-order valence-electron chi connectivity index (χ0n) is 15.0. The van der Waals surface area contributed by atoms with Crippen LogP contribution in [0.5, 0.6) is 0 Å². The first-order chi connectivity index (χ1) is 12.9. The largest absolute Gasteiger partial charge is 0.452 e. The summed E-state index contributed by atoms with van der Waals surface area (Å²) in [5.74, 6) is -1.70. The Morgan fingerprint density at radius 2 is 1.81 bits per heavy atom. The van der Waals surface area contributed by atoms with Gasteiger partial charge in [-0.3, -0.25) is 20.4 Å². The fourth-order valence-corrected chi connectivity index (χ4v) is 3.05. The molecule has 27 heavy (non-hydrogen) atoms. The molecule has 0 spiro atoms. The van der Waals surface area contributed by atoms with E-state index < -0.39 is 24.4 Å². The van der Waals surface area contributed by atoms with E-state index in [1.807, 2.05) is 13.8 Å². The van der Waals surface area contributed by atoms with E-state index >= 15 is 0 Å². The molecule has 0 unspecified atom stereocenters. The van der Waals surface area contributed by atoms with E-state index in [0.717, 1.165) is 24.2 Å². The highest BCUT2D eigenvalue weighted by atomic mass is 35.5. The Kier molecular flexibility index (Phi) is 5.51. The Morgan fingerprint density at radius 3 is 2.44 bits per heavy atom. The predicted octanol–water partition coefficient (Wildman–Crippen LogP) is 2.71. The maximum absolute atomic E-state index is 12.3. The molecule has 2 aromatic rings. The Bertz CT molecular complexity index is 885. The maximum atomic E-state index is 12.3. The Labute approximate surface area is 161 Å². The normalized spacial score (nSPS) is 13.1. The van der Waals surface area contributed by atoms with E-state index in [0.29, 0.717) is 22.2 Å². The van der Waals surface area contributed by atoms with E-state index in [1.165, 1.54) is 12.1 Å². The topological polar surface area (TPSA) is 89.4 Å². The standard InChI is InChI=1S/C19H20ClN3O4/c1-11-9-16(12(2)23(11)15-7-8-15)19(26)27-10-17(24)21-22-18(25)13-3-5-14(20)6-4-13/h3-6,9,15H,7-8,10H2,1-2H3,(H,21,24)(H,22,25). The lowest BCUT2D eigenvalue weighted by Gasteiger charge is -2.09. The number of benzene rings is 1. The number of rotatable bonds is 5. The molecule has 3 rings (SSSR count). The molecule has 0 aliphatic heterocycles. The van der Waals surface area contributed by atoms with Gasteiger partial charge in [-0.15, -0.1) is 0 Å². The fraction of sp³-hybridized carbons (Fsp3) is 0.316. The summed E-state index contributed by atoms with van der Waals surface area (Å²) in [6.07, 6.45) is 2.22.